The van der Waals surface area contributed by atoms with Crippen LogP contribution in [-0.4, -0.2) is 62.7 Å². The molecule has 1 aromatic rings. The maximum absolute atomic E-state index is 5.69. The van der Waals surface area contributed by atoms with Crippen molar-refractivity contribution in [2.24, 2.45) is 10.9 Å². The van der Waals surface area contributed by atoms with Gasteiger partial charge in [-0.3, -0.25) is 4.99 Å². The smallest absolute Gasteiger partial charge is 0.228 e. The first-order chi connectivity index (χ1) is 12.2. The van der Waals surface area contributed by atoms with Gasteiger partial charge in [0.2, 0.25) is 5.89 Å². The number of halogens is 1. The summed E-state index contributed by atoms with van der Waals surface area (Å²) < 4.78 is 16.2. The molecule has 0 amide bonds. The highest BCUT2D eigenvalue weighted by Gasteiger charge is 2.15. The molecule has 2 rings (SSSR count). The summed E-state index contributed by atoms with van der Waals surface area (Å²) in [7, 11) is 1.76. The van der Waals surface area contributed by atoms with Gasteiger partial charge in [-0.2, -0.15) is 4.98 Å². The van der Waals surface area contributed by atoms with Crippen molar-refractivity contribution in [2.45, 2.75) is 39.0 Å². The third-order valence-corrected chi connectivity index (χ3v) is 3.99. The predicted octanol–water partition coefficient (Wildman–Crippen LogP) is 1.96. The summed E-state index contributed by atoms with van der Waals surface area (Å²) >= 11 is 0. The minimum atomic E-state index is 0. The molecular formula is C17H32IN5O3. The molecule has 150 valence electrons. The first-order valence-electron chi connectivity index (χ1n) is 9.11. The Balaban J connectivity index is 0.00000338. The number of hydrogen-bond donors (Lipinski definition) is 2. The van der Waals surface area contributed by atoms with E-state index in [4.69, 9.17) is 14.0 Å². The van der Waals surface area contributed by atoms with Crippen LogP contribution in [0.3, 0.4) is 0 Å². The molecular weight excluding hydrogens is 449 g/mol. The van der Waals surface area contributed by atoms with Crippen LogP contribution in [0.25, 0.3) is 0 Å². The molecule has 0 aromatic carbocycles. The van der Waals surface area contributed by atoms with Crippen molar-refractivity contribution in [2.75, 3.05) is 46.6 Å². The lowest BCUT2D eigenvalue weighted by Gasteiger charge is -2.12. The zero-order valence-corrected chi connectivity index (χ0v) is 18.3. The van der Waals surface area contributed by atoms with E-state index in [0.29, 0.717) is 24.8 Å². The molecule has 1 saturated heterocycles. The predicted molar refractivity (Wildman–Crippen MR) is 111 cm³/mol. The standard InChI is InChI=1S/C17H31N5O3.HI/c1-13(2)16-21-15(25-22-16)5-8-20-17(18-3)19-7-4-9-23-11-14-6-10-24-12-14;/h13-14H,4-12H2,1-3H3,(H2,18,19,20);1H. The average Bonchev–Trinajstić information content (AvgIpc) is 3.28. The van der Waals surface area contributed by atoms with Crippen molar-refractivity contribution in [1.82, 2.24) is 20.8 Å². The van der Waals surface area contributed by atoms with E-state index in [-0.39, 0.29) is 29.9 Å². The van der Waals surface area contributed by atoms with Crippen molar-refractivity contribution < 1.29 is 14.0 Å². The number of rotatable bonds is 10. The molecule has 0 bridgehead atoms. The van der Waals surface area contributed by atoms with Crippen LogP contribution in [0.2, 0.25) is 0 Å². The van der Waals surface area contributed by atoms with Gasteiger partial charge in [-0.05, 0) is 12.8 Å². The summed E-state index contributed by atoms with van der Waals surface area (Å²) in [6.45, 7) is 8.87. The molecule has 26 heavy (non-hydrogen) atoms. The van der Waals surface area contributed by atoms with Crippen LogP contribution in [0.5, 0.6) is 0 Å². The van der Waals surface area contributed by atoms with Gasteiger partial charge in [0.1, 0.15) is 0 Å². The largest absolute Gasteiger partial charge is 0.381 e. The number of guanidine groups is 1. The van der Waals surface area contributed by atoms with Gasteiger partial charge in [-0.1, -0.05) is 19.0 Å². The quantitative estimate of drug-likeness (QED) is 0.228. The lowest BCUT2D eigenvalue weighted by Crippen LogP contribution is -2.39. The highest BCUT2D eigenvalue weighted by Crippen LogP contribution is 2.12. The summed E-state index contributed by atoms with van der Waals surface area (Å²) in [5.41, 5.74) is 0. The third kappa shape index (κ3) is 8.63. The molecule has 0 radical (unpaired) electrons. The number of hydrogen-bond acceptors (Lipinski definition) is 6. The SMILES string of the molecule is CN=C(NCCCOCC1CCOC1)NCCc1nc(C(C)C)no1.I. The van der Waals surface area contributed by atoms with Crippen LogP contribution in [0.4, 0.5) is 0 Å². The van der Waals surface area contributed by atoms with E-state index in [1.165, 1.54) is 0 Å². The molecule has 9 heteroatoms. The summed E-state index contributed by atoms with van der Waals surface area (Å²) in [6.07, 6.45) is 2.73. The molecule has 0 spiro atoms. The maximum atomic E-state index is 5.69. The number of ether oxygens (including phenoxy) is 2. The van der Waals surface area contributed by atoms with E-state index in [9.17, 15) is 0 Å². The minimum absolute atomic E-state index is 0. The first-order valence-corrected chi connectivity index (χ1v) is 9.11. The van der Waals surface area contributed by atoms with E-state index in [1.807, 2.05) is 13.8 Å². The number of nitrogens with zero attached hydrogens (tertiary/aromatic N) is 3. The molecule has 1 atom stereocenters. The van der Waals surface area contributed by atoms with Crippen LogP contribution in [-0.2, 0) is 15.9 Å². The normalized spacial score (nSPS) is 17.4. The fraction of sp³-hybridized carbons (Fsp3) is 0.824. The summed E-state index contributed by atoms with van der Waals surface area (Å²) in [6, 6.07) is 0. The Morgan fingerprint density at radius 1 is 1.35 bits per heavy atom. The maximum Gasteiger partial charge on any atom is 0.228 e. The van der Waals surface area contributed by atoms with Crippen LogP contribution < -0.4 is 10.6 Å². The number of aromatic nitrogens is 2. The second kappa shape index (κ2) is 13.3. The number of aliphatic imine (C=N–C) groups is 1. The van der Waals surface area contributed by atoms with E-state index < -0.39 is 0 Å². The Labute approximate surface area is 172 Å². The van der Waals surface area contributed by atoms with Gasteiger partial charge in [0, 0.05) is 51.6 Å². The van der Waals surface area contributed by atoms with Gasteiger partial charge >= 0.3 is 0 Å². The molecule has 0 aliphatic carbocycles. The summed E-state index contributed by atoms with van der Waals surface area (Å²) in [5, 5.41) is 10.5. The Morgan fingerprint density at radius 2 is 2.15 bits per heavy atom. The fourth-order valence-corrected chi connectivity index (χ4v) is 2.46. The van der Waals surface area contributed by atoms with E-state index in [2.05, 4.69) is 25.8 Å². The zero-order chi connectivity index (χ0) is 17.9. The molecule has 8 nitrogen and oxygen atoms in total. The minimum Gasteiger partial charge on any atom is -0.381 e. The highest BCUT2D eigenvalue weighted by atomic mass is 127. The highest BCUT2D eigenvalue weighted by molar-refractivity contribution is 14.0. The first kappa shape index (κ1) is 23.1. The molecule has 0 saturated carbocycles. The van der Waals surface area contributed by atoms with Crippen LogP contribution in [0.1, 0.15) is 44.3 Å². The van der Waals surface area contributed by atoms with E-state index in [0.717, 1.165) is 57.6 Å². The third-order valence-electron chi connectivity index (χ3n) is 3.99. The average molecular weight is 481 g/mol. The van der Waals surface area contributed by atoms with Crippen molar-refractivity contribution in [3.05, 3.63) is 11.7 Å². The summed E-state index contributed by atoms with van der Waals surface area (Å²) in [5.74, 6) is 3.03. The Morgan fingerprint density at radius 3 is 2.81 bits per heavy atom. The Hall–Kier alpha value is -0.940. The van der Waals surface area contributed by atoms with Crippen molar-refractivity contribution in [1.29, 1.82) is 0 Å². The summed E-state index contributed by atoms with van der Waals surface area (Å²) in [4.78, 5) is 8.56. The lowest BCUT2D eigenvalue weighted by atomic mass is 10.1. The molecule has 1 aliphatic heterocycles. The fourth-order valence-electron chi connectivity index (χ4n) is 2.46. The lowest BCUT2D eigenvalue weighted by molar-refractivity contribution is 0.0888. The molecule has 1 unspecified atom stereocenters. The second-order valence-corrected chi connectivity index (χ2v) is 6.53. The second-order valence-electron chi connectivity index (χ2n) is 6.53. The van der Waals surface area contributed by atoms with Crippen molar-refractivity contribution in [3.8, 4) is 0 Å². The Bertz CT molecular complexity index is 518. The number of nitrogens with one attached hydrogen (secondary N) is 2. The van der Waals surface area contributed by atoms with Gasteiger partial charge in [0.15, 0.2) is 11.8 Å². The topological polar surface area (TPSA) is 93.8 Å². The molecule has 1 aromatic heterocycles. The molecule has 2 N–H and O–H groups in total. The monoisotopic (exact) mass is 481 g/mol. The van der Waals surface area contributed by atoms with Crippen LogP contribution in [0, 0.1) is 5.92 Å². The van der Waals surface area contributed by atoms with Crippen molar-refractivity contribution >= 4 is 29.9 Å². The van der Waals surface area contributed by atoms with E-state index in [1.54, 1.807) is 7.05 Å². The van der Waals surface area contributed by atoms with Gasteiger partial charge in [-0.25, -0.2) is 0 Å². The Kier molecular flexibility index (Phi) is 11.8. The zero-order valence-electron chi connectivity index (χ0n) is 16.0. The van der Waals surface area contributed by atoms with Gasteiger partial charge < -0.3 is 24.6 Å². The van der Waals surface area contributed by atoms with Crippen molar-refractivity contribution in [3.63, 3.8) is 0 Å². The van der Waals surface area contributed by atoms with Gasteiger partial charge in [0.05, 0.1) is 13.2 Å². The van der Waals surface area contributed by atoms with Crippen LogP contribution in [0.15, 0.2) is 9.52 Å². The molecule has 2 heterocycles. The van der Waals surface area contributed by atoms with E-state index >= 15 is 0 Å². The van der Waals surface area contributed by atoms with Gasteiger partial charge in [0.25, 0.3) is 0 Å². The molecule has 1 fully saturated rings. The van der Waals surface area contributed by atoms with Crippen LogP contribution >= 0.6 is 24.0 Å². The van der Waals surface area contributed by atoms with Gasteiger partial charge in [-0.15, -0.1) is 24.0 Å². The molecule has 1 aliphatic rings.